The maximum absolute atomic E-state index is 11.9. The van der Waals surface area contributed by atoms with Gasteiger partial charge in [0.1, 0.15) is 6.17 Å². The first-order chi connectivity index (χ1) is 9.04. The summed E-state index contributed by atoms with van der Waals surface area (Å²) in [5.41, 5.74) is 0.795. The highest BCUT2D eigenvalue weighted by Crippen LogP contribution is 2.27. The third kappa shape index (κ3) is 2.58. The molecule has 2 rings (SSSR count). The van der Waals surface area contributed by atoms with Crippen molar-refractivity contribution in [1.82, 2.24) is 10.2 Å². The number of nitro groups is 1. The summed E-state index contributed by atoms with van der Waals surface area (Å²) in [4.78, 5) is 24.1. The van der Waals surface area contributed by atoms with Gasteiger partial charge in [0.05, 0.1) is 11.5 Å². The number of hydrogen-bond donors (Lipinski definition) is 1. The van der Waals surface area contributed by atoms with Gasteiger partial charge >= 0.3 is 0 Å². The molecule has 1 aromatic rings. The maximum atomic E-state index is 11.9. The van der Waals surface area contributed by atoms with Gasteiger partial charge in [0.2, 0.25) is 5.91 Å². The van der Waals surface area contributed by atoms with Crippen LogP contribution in [0, 0.1) is 10.1 Å². The van der Waals surface area contributed by atoms with Crippen LogP contribution in [-0.2, 0) is 4.79 Å². The largest absolute Gasteiger partial charge is 0.319 e. The van der Waals surface area contributed by atoms with E-state index < -0.39 is 4.92 Å². The quantitative estimate of drug-likeness (QED) is 0.664. The highest BCUT2D eigenvalue weighted by Gasteiger charge is 2.34. The minimum absolute atomic E-state index is 0.0332. The lowest BCUT2D eigenvalue weighted by molar-refractivity contribution is -0.385. The van der Waals surface area contributed by atoms with Crippen LogP contribution in [0.1, 0.15) is 32.0 Å². The van der Waals surface area contributed by atoms with E-state index in [-0.39, 0.29) is 30.3 Å². The predicted molar refractivity (Wildman–Crippen MR) is 70.4 cm³/mol. The summed E-state index contributed by atoms with van der Waals surface area (Å²) in [6.07, 6.45) is 0.570. The van der Waals surface area contributed by atoms with Crippen molar-refractivity contribution in [1.29, 1.82) is 0 Å². The number of rotatable bonds is 4. The summed E-state index contributed by atoms with van der Waals surface area (Å²) in [6, 6.07) is 6.53. The van der Waals surface area contributed by atoms with Gasteiger partial charge < -0.3 is 4.90 Å². The Morgan fingerprint density at radius 1 is 1.58 bits per heavy atom. The Morgan fingerprint density at radius 2 is 2.32 bits per heavy atom. The number of hydrogen-bond acceptors (Lipinski definition) is 4. The molecule has 1 fully saturated rings. The molecule has 1 aliphatic rings. The van der Waals surface area contributed by atoms with E-state index in [2.05, 4.69) is 5.32 Å². The van der Waals surface area contributed by atoms with Gasteiger partial charge in [-0.15, -0.1) is 0 Å². The molecule has 0 saturated carbocycles. The first-order valence-corrected chi connectivity index (χ1v) is 6.33. The summed E-state index contributed by atoms with van der Waals surface area (Å²) in [6.45, 7) is 4.27. The first-order valence-electron chi connectivity index (χ1n) is 6.33. The summed E-state index contributed by atoms with van der Waals surface area (Å²) < 4.78 is 0. The number of benzene rings is 1. The smallest absolute Gasteiger partial charge is 0.269 e. The van der Waals surface area contributed by atoms with Crippen molar-refractivity contribution in [2.45, 2.75) is 32.5 Å². The molecule has 0 bridgehead atoms. The lowest BCUT2D eigenvalue weighted by Crippen LogP contribution is -2.37. The zero-order chi connectivity index (χ0) is 14.0. The molecule has 1 aliphatic heterocycles. The highest BCUT2D eigenvalue weighted by atomic mass is 16.6. The van der Waals surface area contributed by atoms with Crippen molar-refractivity contribution in [3.05, 3.63) is 39.9 Å². The molecule has 2 unspecified atom stereocenters. The van der Waals surface area contributed by atoms with Crippen LogP contribution in [0.15, 0.2) is 24.3 Å². The third-order valence-corrected chi connectivity index (χ3v) is 3.48. The van der Waals surface area contributed by atoms with Crippen molar-refractivity contribution in [3.63, 3.8) is 0 Å². The summed E-state index contributed by atoms with van der Waals surface area (Å²) in [5.74, 6) is 0.0332. The van der Waals surface area contributed by atoms with Gasteiger partial charge in [-0.05, 0) is 18.9 Å². The maximum Gasteiger partial charge on any atom is 0.269 e. The first kappa shape index (κ1) is 13.5. The Balaban J connectivity index is 2.32. The number of nitrogens with one attached hydrogen (secondary N) is 1. The van der Waals surface area contributed by atoms with Crippen molar-refractivity contribution >= 4 is 11.6 Å². The fourth-order valence-electron chi connectivity index (χ4n) is 2.30. The van der Waals surface area contributed by atoms with Gasteiger partial charge in [0.25, 0.3) is 5.69 Å². The van der Waals surface area contributed by atoms with Crippen LogP contribution in [0.25, 0.3) is 0 Å². The van der Waals surface area contributed by atoms with Crippen LogP contribution < -0.4 is 5.32 Å². The number of carbonyl (C=O) groups is 1. The van der Waals surface area contributed by atoms with Crippen LogP contribution in [0.3, 0.4) is 0 Å². The molecule has 0 aromatic heterocycles. The Labute approximate surface area is 111 Å². The SMILES string of the molecule is CCC(C)N1C(=O)CNC1c1cccc([N+](=O)[O-])c1. The molecular weight excluding hydrogens is 246 g/mol. The molecule has 0 aliphatic carbocycles. The predicted octanol–water partition coefficient (Wildman–Crippen LogP) is 1.82. The average Bonchev–Trinajstić information content (AvgIpc) is 2.80. The third-order valence-electron chi connectivity index (χ3n) is 3.48. The second-order valence-corrected chi connectivity index (χ2v) is 4.69. The standard InChI is InChI=1S/C13H17N3O3/c1-3-9(2)15-12(17)8-14-13(15)10-5-4-6-11(7-10)16(18)19/h4-7,9,13-14H,3,8H2,1-2H3. The molecule has 1 heterocycles. The lowest BCUT2D eigenvalue weighted by Gasteiger charge is -2.30. The van der Waals surface area contributed by atoms with E-state index in [1.165, 1.54) is 12.1 Å². The number of non-ortho nitro benzene ring substituents is 1. The molecule has 6 heteroatoms. The monoisotopic (exact) mass is 263 g/mol. The fraction of sp³-hybridized carbons (Fsp3) is 0.462. The van der Waals surface area contributed by atoms with Gasteiger partial charge in [-0.25, -0.2) is 0 Å². The Kier molecular flexibility index (Phi) is 3.80. The van der Waals surface area contributed by atoms with E-state index in [1.807, 2.05) is 13.8 Å². The van der Waals surface area contributed by atoms with E-state index in [1.54, 1.807) is 17.0 Å². The number of amides is 1. The number of nitrogens with zero attached hydrogens (tertiary/aromatic N) is 2. The van der Waals surface area contributed by atoms with Crippen molar-refractivity contribution < 1.29 is 9.72 Å². The van der Waals surface area contributed by atoms with E-state index in [0.29, 0.717) is 0 Å². The second kappa shape index (κ2) is 5.36. The van der Waals surface area contributed by atoms with Gasteiger partial charge in [-0.1, -0.05) is 19.1 Å². The van der Waals surface area contributed by atoms with Gasteiger partial charge in [0, 0.05) is 18.2 Å². The van der Waals surface area contributed by atoms with E-state index in [4.69, 9.17) is 0 Å². The Bertz CT molecular complexity index is 504. The number of carbonyl (C=O) groups excluding carboxylic acids is 1. The Hall–Kier alpha value is -1.95. The molecule has 102 valence electrons. The van der Waals surface area contributed by atoms with E-state index in [0.717, 1.165) is 12.0 Å². The normalized spacial score (nSPS) is 20.6. The van der Waals surface area contributed by atoms with Crippen molar-refractivity contribution in [2.24, 2.45) is 0 Å². The van der Waals surface area contributed by atoms with E-state index >= 15 is 0 Å². The summed E-state index contributed by atoms with van der Waals surface area (Å²) in [7, 11) is 0. The Morgan fingerprint density at radius 3 is 2.95 bits per heavy atom. The van der Waals surface area contributed by atoms with E-state index in [9.17, 15) is 14.9 Å². The molecule has 1 N–H and O–H groups in total. The van der Waals surface area contributed by atoms with Gasteiger partial charge in [-0.3, -0.25) is 20.2 Å². The van der Waals surface area contributed by atoms with Gasteiger partial charge in [0.15, 0.2) is 0 Å². The highest BCUT2D eigenvalue weighted by molar-refractivity contribution is 5.81. The minimum atomic E-state index is -0.423. The molecular formula is C13H17N3O3. The van der Waals surface area contributed by atoms with Crippen molar-refractivity contribution in [2.75, 3.05) is 6.54 Å². The summed E-state index contributed by atoms with van der Waals surface area (Å²) >= 11 is 0. The fourth-order valence-corrected chi connectivity index (χ4v) is 2.30. The van der Waals surface area contributed by atoms with Crippen LogP contribution in [-0.4, -0.2) is 28.3 Å². The zero-order valence-electron chi connectivity index (χ0n) is 11.0. The minimum Gasteiger partial charge on any atom is -0.319 e. The van der Waals surface area contributed by atoms with Crippen molar-refractivity contribution in [3.8, 4) is 0 Å². The van der Waals surface area contributed by atoms with Crippen LogP contribution in [0.2, 0.25) is 0 Å². The number of nitro benzene ring substituents is 1. The van der Waals surface area contributed by atoms with Crippen LogP contribution in [0.4, 0.5) is 5.69 Å². The molecule has 6 nitrogen and oxygen atoms in total. The topological polar surface area (TPSA) is 75.5 Å². The molecule has 1 aromatic carbocycles. The molecule has 1 saturated heterocycles. The van der Waals surface area contributed by atoms with Gasteiger partial charge in [-0.2, -0.15) is 0 Å². The molecule has 0 spiro atoms. The lowest BCUT2D eigenvalue weighted by atomic mass is 10.1. The van der Waals surface area contributed by atoms with Crippen LogP contribution in [0.5, 0.6) is 0 Å². The molecule has 2 atom stereocenters. The molecule has 1 amide bonds. The second-order valence-electron chi connectivity index (χ2n) is 4.69. The van der Waals surface area contributed by atoms with Crippen LogP contribution >= 0.6 is 0 Å². The molecule has 19 heavy (non-hydrogen) atoms. The summed E-state index contributed by atoms with van der Waals surface area (Å²) in [5, 5.41) is 13.9. The average molecular weight is 263 g/mol. The zero-order valence-corrected chi connectivity index (χ0v) is 11.0. The molecule has 0 radical (unpaired) electrons.